The molecule has 368 valence electrons. The number of unbranched alkanes of at least 4 members (excludes halogenated alkanes) is 20. The van der Waals surface area contributed by atoms with Crippen LogP contribution in [0.2, 0.25) is 0 Å². The number of hydrogen-bond acceptors (Lipinski definition) is 10. The maximum atomic E-state index is 12.7. The van der Waals surface area contributed by atoms with Crippen LogP contribution in [0.5, 0.6) is 0 Å². The fourth-order valence-corrected chi connectivity index (χ4v) is 7.63. The van der Waals surface area contributed by atoms with E-state index in [0.717, 1.165) is 44.4 Å². The van der Waals surface area contributed by atoms with Crippen LogP contribution in [0, 0.1) is 5.92 Å². The molecule has 5 atom stereocenters. The molecule has 0 saturated carbocycles. The molecule has 0 aromatic carbocycles. The second-order valence-electron chi connectivity index (χ2n) is 17.3. The Morgan fingerprint density at radius 3 is 1.68 bits per heavy atom. The molecule has 12 heteroatoms. The summed E-state index contributed by atoms with van der Waals surface area (Å²) < 4.78 is 32.7. The maximum absolute atomic E-state index is 12.7. The highest BCUT2D eigenvalue weighted by Gasteiger charge is 2.27. The number of aliphatic hydroxyl groups is 3. The number of phosphoric ester groups is 1. The first kappa shape index (κ1) is 60.9. The van der Waals surface area contributed by atoms with Crippen molar-refractivity contribution in [3.05, 3.63) is 48.6 Å². The second-order valence-corrected chi connectivity index (χ2v) is 18.7. The summed E-state index contributed by atoms with van der Waals surface area (Å²) in [7, 11) is -4.68. The lowest BCUT2D eigenvalue weighted by Gasteiger charge is -2.20. The van der Waals surface area contributed by atoms with Crippen molar-refractivity contribution < 1.29 is 52.9 Å². The molecule has 0 rings (SSSR count). The predicted octanol–water partition coefficient (Wildman–Crippen LogP) is 12.9. The van der Waals surface area contributed by atoms with Crippen molar-refractivity contribution in [2.75, 3.05) is 26.4 Å². The summed E-state index contributed by atoms with van der Waals surface area (Å²) in [6, 6.07) is 0. The SMILES string of the molecule is CCCCC/C=C\C/C=C\C/C=C\C=C\[C@H](O)CCCC(=O)O[C@H](COC(=O)CCCCCCCCCCCCCCCCCCCCC(C)CC)COP(=O)(O)OC[C@@H](O)CO. The fourth-order valence-electron chi connectivity index (χ4n) is 6.84. The average molecular weight is 913 g/mol. The Hall–Kier alpha value is -2.11. The smallest absolute Gasteiger partial charge is 0.462 e. The van der Waals surface area contributed by atoms with Crippen LogP contribution in [0.3, 0.4) is 0 Å². The predicted molar refractivity (Wildman–Crippen MR) is 257 cm³/mol. The Balaban J connectivity index is 4.32. The van der Waals surface area contributed by atoms with Gasteiger partial charge in [0.1, 0.15) is 12.7 Å². The molecular weight excluding hydrogens is 820 g/mol. The molecule has 63 heavy (non-hydrogen) atoms. The van der Waals surface area contributed by atoms with E-state index in [1.807, 2.05) is 12.2 Å². The normalized spacial score (nSPS) is 15.1. The fraction of sp³-hybridized carbons (Fsp3) is 0.804. The van der Waals surface area contributed by atoms with Crippen molar-refractivity contribution in [3.63, 3.8) is 0 Å². The lowest BCUT2D eigenvalue weighted by molar-refractivity contribution is -0.161. The second kappa shape index (κ2) is 45.1. The third-order valence-electron chi connectivity index (χ3n) is 11.1. The van der Waals surface area contributed by atoms with E-state index in [2.05, 4.69) is 49.6 Å². The number of esters is 2. The monoisotopic (exact) mass is 913 g/mol. The van der Waals surface area contributed by atoms with E-state index in [0.29, 0.717) is 19.3 Å². The zero-order valence-corrected chi connectivity index (χ0v) is 41.0. The highest BCUT2D eigenvalue weighted by Crippen LogP contribution is 2.43. The summed E-state index contributed by atoms with van der Waals surface area (Å²) in [5.74, 6) is -0.232. The number of carbonyl (C=O) groups excluding carboxylic acids is 2. The Bertz CT molecular complexity index is 1220. The van der Waals surface area contributed by atoms with Gasteiger partial charge in [0.25, 0.3) is 0 Å². The first-order chi connectivity index (χ1) is 30.5. The van der Waals surface area contributed by atoms with Crippen molar-refractivity contribution in [2.24, 2.45) is 5.92 Å². The molecular formula is C51H93O11P. The van der Waals surface area contributed by atoms with Crippen molar-refractivity contribution in [3.8, 4) is 0 Å². The van der Waals surface area contributed by atoms with Crippen LogP contribution >= 0.6 is 7.82 Å². The van der Waals surface area contributed by atoms with E-state index in [4.69, 9.17) is 19.1 Å². The largest absolute Gasteiger partial charge is 0.472 e. The number of allylic oxidation sites excluding steroid dienone is 7. The summed E-state index contributed by atoms with van der Waals surface area (Å²) in [6.07, 6.45) is 45.3. The molecule has 0 aromatic heterocycles. The van der Waals surface area contributed by atoms with E-state index in [1.54, 1.807) is 12.2 Å². The molecule has 0 heterocycles. The van der Waals surface area contributed by atoms with Gasteiger partial charge in [-0.3, -0.25) is 18.6 Å². The van der Waals surface area contributed by atoms with Crippen LogP contribution < -0.4 is 0 Å². The van der Waals surface area contributed by atoms with Gasteiger partial charge in [-0.25, -0.2) is 4.57 Å². The number of ether oxygens (including phenoxy) is 2. The lowest BCUT2D eigenvalue weighted by Crippen LogP contribution is -2.30. The van der Waals surface area contributed by atoms with Gasteiger partial charge in [0.2, 0.25) is 0 Å². The Labute approximate surface area is 384 Å². The van der Waals surface area contributed by atoms with Crippen LogP contribution in [0.4, 0.5) is 0 Å². The molecule has 0 aliphatic rings. The zero-order chi connectivity index (χ0) is 46.5. The Morgan fingerprint density at radius 2 is 1.11 bits per heavy atom. The number of aliphatic hydroxyl groups excluding tert-OH is 3. The van der Waals surface area contributed by atoms with Crippen molar-refractivity contribution in [1.82, 2.24) is 0 Å². The third-order valence-corrected chi connectivity index (χ3v) is 12.1. The van der Waals surface area contributed by atoms with Crippen LogP contribution in [0.25, 0.3) is 0 Å². The molecule has 0 radical (unpaired) electrons. The highest BCUT2D eigenvalue weighted by molar-refractivity contribution is 7.47. The molecule has 0 aromatic rings. The molecule has 0 spiro atoms. The van der Waals surface area contributed by atoms with E-state index >= 15 is 0 Å². The summed E-state index contributed by atoms with van der Waals surface area (Å²) in [5, 5.41) is 28.7. The van der Waals surface area contributed by atoms with Gasteiger partial charge < -0.3 is 29.7 Å². The summed E-state index contributed by atoms with van der Waals surface area (Å²) in [6.45, 7) is 4.54. The number of phosphoric acid groups is 1. The first-order valence-corrected chi connectivity index (χ1v) is 26.6. The quantitative estimate of drug-likeness (QED) is 0.0151. The average Bonchev–Trinajstić information content (AvgIpc) is 3.27. The van der Waals surface area contributed by atoms with Crippen LogP contribution in [0.1, 0.15) is 213 Å². The van der Waals surface area contributed by atoms with Gasteiger partial charge in [-0.15, -0.1) is 0 Å². The van der Waals surface area contributed by atoms with Crippen molar-refractivity contribution >= 4 is 19.8 Å². The van der Waals surface area contributed by atoms with Gasteiger partial charge in [-0.1, -0.05) is 204 Å². The Morgan fingerprint density at radius 1 is 0.587 bits per heavy atom. The molecule has 4 N–H and O–H groups in total. The Kier molecular flexibility index (Phi) is 43.6. The van der Waals surface area contributed by atoms with Gasteiger partial charge >= 0.3 is 19.8 Å². The number of carbonyl (C=O) groups is 2. The first-order valence-electron chi connectivity index (χ1n) is 25.1. The summed E-state index contributed by atoms with van der Waals surface area (Å²) >= 11 is 0. The topological polar surface area (TPSA) is 169 Å². The van der Waals surface area contributed by atoms with E-state index in [1.165, 1.54) is 122 Å². The van der Waals surface area contributed by atoms with Gasteiger partial charge in [-0.2, -0.15) is 0 Å². The minimum Gasteiger partial charge on any atom is -0.462 e. The van der Waals surface area contributed by atoms with Gasteiger partial charge in [0.15, 0.2) is 6.10 Å². The van der Waals surface area contributed by atoms with Crippen LogP contribution in [-0.4, -0.2) is 76.9 Å². The van der Waals surface area contributed by atoms with Crippen LogP contribution in [0.15, 0.2) is 48.6 Å². The zero-order valence-electron chi connectivity index (χ0n) is 40.1. The van der Waals surface area contributed by atoms with Crippen molar-refractivity contribution in [1.29, 1.82) is 0 Å². The molecule has 0 amide bonds. The van der Waals surface area contributed by atoms with E-state index in [9.17, 15) is 29.3 Å². The van der Waals surface area contributed by atoms with E-state index < -0.39 is 57.9 Å². The molecule has 0 fully saturated rings. The minimum absolute atomic E-state index is 0.0436. The van der Waals surface area contributed by atoms with Crippen molar-refractivity contribution in [2.45, 2.75) is 232 Å². The number of rotatable bonds is 46. The maximum Gasteiger partial charge on any atom is 0.472 e. The highest BCUT2D eigenvalue weighted by atomic mass is 31.2. The number of hydrogen-bond donors (Lipinski definition) is 4. The third kappa shape index (κ3) is 44.9. The summed E-state index contributed by atoms with van der Waals surface area (Å²) in [5.41, 5.74) is 0. The molecule has 0 bridgehead atoms. The van der Waals surface area contributed by atoms with Crippen LogP contribution in [-0.2, 0) is 32.7 Å². The molecule has 0 aliphatic heterocycles. The molecule has 11 nitrogen and oxygen atoms in total. The molecule has 0 aliphatic carbocycles. The summed E-state index contributed by atoms with van der Waals surface area (Å²) in [4.78, 5) is 35.1. The minimum atomic E-state index is -4.68. The van der Waals surface area contributed by atoms with E-state index in [-0.39, 0.29) is 19.4 Å². The van der Waals surface area contributed by atoms with Gasteiger partial charge in [0.05, 0.1) is 25.9 Å². The molecule has 2 unspecified atom stereocenters. The van der Waals surface area contributed by atoms with Gasteiger partial charge in [-0.05, 0) is 50.9 Å². The standard InChI is InChI=1S/C51H93O11P/c1-4-6-7-8-9-10-11-18-22-25-28-31-34-38-47(53)39-36-41-51(56)62-49(45-61-63(57,58)60-43-48(54)42-52)44-59-50(55)40-35-32-29-26-23-20-17-15-13-12-14-16-19-21-24-27-30-33-37-46(3)5-2/h9-10,18,22,28,31,34,38,46-49,52-54H,4-8,11-17,19-21,23-27,29-30,32-33,35-37,39-45H2,1-3H3,(H,57,58)/b10-9-,22-18-,31-28-,38-34+/t46?,47-,48-,49+/m0/s1. The molecule has 0 saturated heterocycles. The lowest BCUT2D eigenvalue weighted by atomic mass is 9.99. The van der Waals surface area contributed by atoms with Gasteiger partial charge in [0, 0.05) is 12.8 Å².